The number of rotatable bonds is 5. The monoisotopic (exact) mass is 394 g/mol. The van der Waals surface area contributed by atoms with Crippen LogP contribution in [0.3, 0.4) is 0 Å². The quantitative estimate of drug-likeness (QED) is 0.594. The van der Waals surface area contributed by atoms with E-state index in [1.54, 1.807) is 6.07 Å². The van der Waals surface area contributed by atoms with E-state index in [0.29, 0.717) is 6.54 Å². The highest BCUT2D eigenvalue weighted by Gasteiger charge is 2.30. The fourth-order valence-electron chi connectivity index (χ4n) is 3.80. The topological polar surface area (TPSA) is 23.6 Å². The van der Waals surface area contributed by atoms with Crippen LogP contribution in [0.4, 0.5) is 10.1 Å². The van der Waals surface area contributed by atoms with Crippen LogP contribution in [-0.2, 0) is 6.54 Å². The summed E-state index contributed by atoms with van der Waals surface area (Å²) in [5.41, 5.74) is 1.67. The summed E-state index contributed by atoms with van der Waals surface area (Å²) in [4.78, 5) is 18.2. The van der Waals surface area contributed by atoms with Crippen molar-refractivity contribution in [3.63, 3.8) is 0 Å². The lowest BCUT2D eigenvalue weighted by Crippen LogP contribution is -2.47. The number of likely N-dealkylation sites (tertiary alicyclic amines) is 1. The molecule has 1 amide bonds. The van der Waals surface area contributed by atoms with E-state index in [1.165, 1.54) is 17.4 Å². The summed E-state index contributed by atoms with van der Waals surface area (Å²) >= 11 is 1.48. The number of amides is 1. The summed E-state index contributed by atoms with van der Waals surface area (Å²) in [5, 5.41) is 1.94. The van der Waals surface area contributed by atoms with Crippen LogP contribution in [0.1, 0.15) is 28.1 Å². The summed E-state index contributed by atoms with van der Waals surface area (Å²) in [6.45, 7) is 2.31. The van der Waals surface area contributed by atoms with E-state index >= 15 is 0 Å². The minimum Gasteiger partial charge on any atom is -0.305 e. The number of benzene rings is 2. The predicted molar refractivity (Wildman–Crippen MR) is 112 cm³/mol. The van der Waals surface area contributed by atoms with Crippen molar-refractivity contribution in [1.82, 2.24) is 4.90 Å². The van der Waals surface area contributed by atoms with Gasteiger partial charge in [-0.25, -0.2) is 4.39 Å². The largest absolute Gasteiger partial charge is 0.305 e. The minimum atomic E-state index is -0.150. The highest BCUT2D eigenvalue weighted by molar-refractivity contribution is 7.12. The summed E-state index contributed by atoms with van der Waals surface area (Å²) in [6, 6.07) is 20.8. The number of para-hydroxylation sites is 1. The maximum Gasteiger partial charge on any atom is 0.268 e. The van der Waals surface area contributed by atoms with Gasteiger partial charge in [0.15, 0.2) is 0 Å². The molecule has 0 N–H and O–H groups in total. The SMILES string of the molecule is O=C(c1cccs1)N(c1ccccc1)C1CCN(Cc2ccccc2F)CC1. The van der Waals surface area contributed by atoms with Crippen molar-refractivity contribution in [3.8, 4) is 0 Å². The van der Waals surface area contributed by atoms with E-state index in [1.807, 2.05) is 64.9 Å². The van der Waals surface area contributed by atoms with Gasteiger partial charge in [-0.2, -0.15) is 0 Å². The Labute approximate surface area is 169 Å². The molecule has 144 valence electrons. The molecule has 1 saturated heterocycles. The molecule has 2 aromatic carbocycles. The molecule has 28 heavy (non-hydrogen) atoms. The van der Waals surface area contributed by atoms with Crippen LogP contribution < -0.4 is 4.90 Å². The van der Waals surface area contributed by atoms with Crippen LogP contribution in [0.2, 0.25) is 0 Å². The molecular weight excluding hydrogens is 371 g/mol. The molecule has 0 bridgehead atoms. The molecule has 1 aliphatic rings. The number of halogens is 1. The van der Waals surface area contributed by atoms with Gasteiger partial charge < -0.3 is 4.90 Å². The minimum absolute atomic E-state index is 0.0637. The van der Waals surface area contributed by atoms with E-state index in [9.17, 15) is 9.18 Å². The molecule has 4 rings (SSSR count). The number of piperidine rings is 1. The number of hydrogen-bond acceptors (Lipinski definition) is 3. The Balaban J connectivity index is 1.48. The van der Waals surface area contributed by atoms with Gasteiger partial charge in [0.2, 0.25) is 0 Å². The van der Waals surface area contributed by atoms with E-state index in [0.717, 1.165) is 42.1 Å². The third-order valence-electron chi connectivity index (χ3n) is 5.26. The van der Waals surface area contributed by atoms with Crippen molar-refractivity contribution >= 4 is 22.9 Å². The Kier molecular flexibility index (Phi) is 5.84. The smallest absolute Gasteiger partial charge is 0.268 e. The first-order valence-electron chi connectivity index (χ1n) is 9.60. The van der Waals surface area contributed by atoms with Crippen molar-refractivity contribution < 1.29 is 9.18 Å². The van der Waals surface area contributed by atoms with Gasteiger partial charge >= 0.3 is 0 Å². The first-order valence-corrected chi connectivity index (χ1v) is 10.5. The Hall–Kier alpha value is -2.50. The van der Waals surface area contributed by atoms with Crippen LogP contribution in [0.25, 0.3) is 0 Å². The van der Waals surface area contributed by atoms with Gasteiger partial charge in [-0.15, -0.1) is 11.3 Å². The Morgan fingerprint density at radius 3 is 2.39 bits per heavy atom. The maximum absolute atomic E-state index is 14.0. The highest BCUT2D eigenvalue weighted by Crippen LogP contribution is 2.27. The number of hydrogen-bond donors (Lipinski definition) is 0. The lowest BCUT2D eigenvalue weighted by Gasteiger charge is -2.38. The van der Waals surface area contributed by atoms with Crippen molar-refractivity contribution in [2.75, 3.05) is 18.0 Å². The van der Waals surface area contributed by atoms with Gasteiger partial charge in [0.25, 0.3) is 5.91 Å². The second-order valence-corrected chi connectivity index (χ2v) is 8.03. The Morgan fingerprint density at radius 1 is 1.00 bits per heavy atom. The van der Waals surface area contributed by atoms with Crippen molar-refractivity contribution in [3.05, 3.63) is 88.4 Å². The highest BCUT2D eigenvalue weighted by atomic mass is 32.1. The molecule has 1 aliphatic heterocycles. The average Bonchev–Trinajstić information content (AvgIpc) is 3.27. The molecule has 0 atom stereocenters. The molecule has 2 heterocycles. The van der Waals surface area contributed by atoms with E-state index in [4.69, 9.17) is 0 Å². The Bertz CT molecular complexity index is 905. The van der Waals surface area contributed by atoms with Gasteiger partial charge in [0.05, 0.1) is 4.88 Å². The molecular formula is C23H23FN2OS. The molecule has 1 aromatic heterocycles. The van der Waals surface area contributed by atoms with E-state index < -0.39 is 0 Å². The molecule has 5 heteroatoms. The number of carbonyl (C=O) groups excluding carboxylic acids is 1. The van der Waals surface area contributed by atoms with Crippen molar-refractivity contribution in [2.24, 2.45) is 0 Å². The van der Waals surface area contributed by atoms with Crippen LogP contribution in [-0.4, -0.2) is 29.9 Å². The lowest BCUT2D eigenvalue weighted by molar-refractivity contribution is 0.0962. The third kappa shape index (κ3) is 4.16. The second-order valence-electron chi connectivity index (χ2n) is 7.09. The zero-order chi connectivity index (χ0) is 19.3. The fourth-order valence-corrected chi connectivity index (χ4v) is 4.46. The maximum atomic E-state index is 14.0. The number of nitrogens with zero attached hydrogens (tertiary/aromatic N) is 2. The number of anilines is 1. The van der Waals surface area contributed by atoms with E-state index in [-0.39, 0.29) is 17.8 Å². The van der Waals surface area contributed by atoms with Gasteiger partial charge in [0, 0.05) is 36.9 Å². The molecule has 0 saturated carbocycles. The van der Waals surface area contributed by atoms with Gasteiger partial charge in [-0.05, 0) is 42.5 Å². The van der Waals surface area contributed by atoms with Crippen LogP contribution >= 0.6 is 11.3 Å². The molecule has 1 fully saturated rings. The molecule has 0 radical (unpaired) electrons. The summed E-state index contributed by atoms with van der Waals surface area (Å²) in [5.74, 6) is -0.0860. The molecule has 3 nitrogen and oxygen atoms in total. The van der Waals surface area contributed by atoms with Crippen molar-refractivity contribution in [2.45, 2.75) is 25.4 Å². The standard InChI is InChI=1S/C23H23FN2OS/c24-21-10-5-4-7-18(21)17-25-14-12-20(13-15-25)26(19-8-2-1-3-9-19)23(27)22-11-6-16-28-22/h1-11,16,20H,12-15,17H2. The second kappa shape index (κ2) is 8.67. The lowest BCUT2D eigenvalue weighted by atomic mass is 10.0. The summed E-state index contributed by atoms with van der Waals surface area (Å²) in [7, 11) is 0. The molecule has 0 spiro atoms. The average molecular weight is 395 g/mol. The summed E-state index contributed by atoms with van der Waals surface area (Å²) < 4.78 is 14.0. The zero-order valence-electron chi connectivity index (χ0n) is 15.6. The van der Waals surface area contributed by atoms with Gasteiger partial charge in [-0.3, -0.25) is 9.69 Å². The van der Waals surface area contributed by atoms with Crippen LogP contribution in [0, 0.1) is 5.82 Å². The van der Waals surface area contributed by atoms with Crippen molar-refractivity contribution in [1.29, 1.82) is 0 Å². The third-order valence-corrected chi connectivity index (χ3v) is 6.12. The molecule has 3 aromatic rings. The predicted octanol–water partition coefficient (Wildman–Crippen LogP) is 5.20. The van der Waals surface area contributed by atoms with Crippen LogP contribution in [0.5, 0.6) is 0 Å². The van der Waals surface area contributed by atoms with Crippen LogP contribution in [0.15, 0.2) is 72.1 Å². The Morgan fingerprint density at radius 2 is 1.71 bits per heavy atom. The number of thiophene rings is 1. The first-order chi connectivity index (χ1) is 13.7. The van der Waals surface area contributed by atoms with E-state index in [2.05, 4.69) is 4.90 Å². The normalized spacial score (nSPS) is 15.5. The molecule has 0 unspecified atom stereocenters. The van der Waals surface area contributed by atoms with Gasteiger partial charge in [0.1, 0.15) is 5.82 Å². The number of carbonyl (C=O) groups is 1. The first kappa shape index (κ1) is 18.8. The summed E-state index contributed by atoms with van der Waals surface area (Å²) in [6.07, 6.45) is 1.75. The molecule has 0 aliphatic carbocycles. The zero-order valence-corrected chi connectivity index (χ0v) is 16.4. The van der Waals surface area contributed by atoms with Gasteiger partial charge in [-0.1, -0.05) is 42.5 Å². The fraction of sp³-hybridized carbons (Fsp3) is 0.261.